The average molecular weight is 212 g/mol. The van der Waals surface area contributed by atoms with Crippen LogP contribution in [0.25, 0.3) is 0 Å². The van der Waals surface area contributed by atoms with Gasteiger partial charge in [0.05, 0.1) is 39.0 Å². The second kappa shape index (κ2) is 6.40. The first-order valence-corrected chi connectivity index (χ1v) is 4.92. The molecule has 0 aromatic rings. The number of carbonyl (C=O) groups excluding carboxylic acids is 1. The molecule has 1 rings (SSSR count). The van der Waals surface area contributed by atoms with E-state index < -0.39 is 0 Å². The van der Waals surface area contributed by atoms with E-state index in [1.165, 1.54) is 0 Å². The van der Waals surface area contributed by atoms with Crippen LogP contribution < -0.4 is 5.32 Å². The zero-order chi connectivity index (χ0) is 11.1. The van der Waals surface area contributed by atoms with Crippen LogP contribution in [0.2, 0.25) is 0 Å². The average Bonchev–Trinajstić information content (AvgIpc) is 2.29. The van der Waals surface area contributed by atoms with Crippen molar-refractivity contribution in [2.45, 2.75) is 6.04 Å². The summed E-state index contributed by atoms with van der Waals surface area (Å²) in [5.74, 6) is 2.35. The van der Waals surface area contributed by atoms with Crippen LogP contribution in [0, 0.1) is 12.3 Å². The molecule has 1 amide bonds. The number of nitrogens with zero attached hydrogens (tertiary/aromatic N) is 1. The maximum Gasteiger partial charge on any atom is 0.237 e. The van der Waals surface area contributed by atoms with Crippen molar-refractivity contribution in [2.75, 3.05) is 39.5 Å². The number of aliphatic hydroxyl groups excluding tert-OH is 1. The number of aliphatic hydroxyl groups is 1. The molecule has 15 heavy (non-hydrogen) atoms. The molecule has 1 unspecified atom stereocenters. The Hall–Kier alpha value is -1.09. The Morgan fingerprint density at radius 3 is 3.20 bits per heavy atom. The Morgan fingerprint density at radius 2 is 2.53 bits per heavy atom. The minimum absolute atomic E-state index is 0.0485. The molecule has 0 bridgehead atoms. The number of terminal acetylenes is 1. The Morgan fingerprint density at radius 1 is 1.73 bits per heavy atom. The van der Waals surface area contributed by atoms with Crippen LogP contribution in [0.4, 0.5) is 0 Å². The van der Waals surface area contributed by atoms with Gasteiger partial charge in [0.2, 0.25) is 5.91 Å². The van der Waals surface area contributed by atoms with Crippen molar-refractivity contribution in [1.29, 1.82) is 0 Å². The molecule has 0 aromatic carbocycles. The Bertz CT molecular complexity index is 250. The Balaban J connectivity index is 2.38. The third-order valence-electron chi connectivity index (χ3n) is 2.26. The predicted octanol–water partition coefficient (Wildman–Crippen LogP) is -1.57. The highest BCUT2D eigenvalue weighted by Crippen LogP contribution is 2.06. The van der Waals surface area contributed by atoms with Crippen molar-refractivity contribution in [3.05, 3.63) is 0 Å². The molecule has 5 nitrogen and oxygen atoms in total. The summed E-state index contributed by atoms with van der Waals surface area (Å²) < 4.78 is 5.17. The summed E-state index contributed by atoms with van der Waals surface area (Å²) in [7, 11) is 0. The smallest absolute Gasteiger partial charge is 0.237 e. The van der Waals surface area contributed by atoms with Crippen molar-refractivity contribution >= 4 is 5.91 Å². The molecule has 5 heteroatoms. The number of ether oxygens (including phenoxy) is 1. The van der Waals surface area contributed by atoms with E-state index in [2.05, 4.69) is 11.2 Å². The second-order valence-electron chi connectivity index (χ2n) is 3.31. The van der Waals surface area contributed by atoms with Gasteiger partial charge in [-0.2, -0.15) is 0 Å². The number of nitrogens with one attached hydrogen (secondary N) is 1. The van der Waals surface area contributed by atoms with Gasteiger partial charge in [-0.3, -0.25) is 10.1 Å². The van der Waals surface area contributed by atoms with Gasteiger partial charge >= 0.3 is 0 Å². The molecular formula is C10H16N2O3. The van der Waals surface area contributed by atoms with Crippen molar-refractivity contribution in [3.8, 4) is 12.3 Å². The van der Waals surface area contributed by atoms with E-state index in [1.54, 1.807) is 4.90 Å². The molecule has 1 saturated heterocycles. The maximum absolute atomic E-state index is 11.7. The minimum atomic E-state index is -0.223. The van der Waals surface area contributed by atoms with Crippen LogP contribution in [0.3, 0.4) is 0 Å². The fourth-order valence-electron chi connectivity index (χ4n) is 1.48. The molecule has 0 radical (unpaired) electrons. The van der Waals surface area contributed by atoms with E-state index in [-0.39, 0.29) is 25.1 Å². The monoisotopic (exact) mass is 212 g/mol. The molecule has 1 aliphatic rings. The molecule has 1 aliphatic heterocycles. The molecule has 0 saturated carbocycles. The lowest BCUT2D eigenvalue weighted by Gasteiger charge is -2.34. The van der Waals surface area contributed by atoms with Gasteiger partial charge in [0, 0.05) is 6.54 Å². The van der Waals surface area contributed by atoms with Gasteiger partial charge in [-0.05, 0) is 0 Å². The number of carbonyl (C=O) groups is 1. The molecule has 0 aromatic heterocycles. The van der Waals surface area contributed by atoms with Crippen molar-refractivity contribution in [3.63, 3.8) is 0 Å². The lowest BCUT2D eigenvalue weighted by atomic mass is 10.2. The molecule has 0 spiro atoms. The lowest BCUT2D eigenvalue weighted by Crippen LogP contribution is -2.52. The first-order valence-electron chi connectivity index (χ1n) is 4.92. The van der Waals surface area contributed by atoms with Gasteiger partial charge in [-0.25, -0.2) is 0 Å². The standard InChI is InChI=1S/C10H16N2O3/c1-2-3-11-6-10(14)12-4-5-15-8-9(12)7-13/h1,9,11,13H,3-8H2. The molecule has 0 aliphatic carbocycles. The summed E-state index contributed by atoms with van der Waals surface area (Å²) in [5.41, 5.74) is 0. The summed E-state index contributed by atoms with van der Waals surface area (Å²) in [6.07, 6.45) is 5.05. The van der Waals surface area contributed by atoms with Gasteiger partial charge in [-0.1, -0.05) is 5.92 Å². The summed E-state index contributed by atoms with van der Waals surface area (Å²) in [4.78, 5) is 13.3. The van der Waals surface area contributed by atoms with Gasteiger partial charge in [0.15, 0.2) is 0 Å². The summed E-state index contributed by atoms with van der Waals surface area (Å²) in [6.45, 7) is 1.97. The number of rotatable bonds is 4. The van der Waals surface area contributed by atoms with Gasteiger partial charge < -0.3 is 14.7 Å². The third-order valence-corrected chi connectivity index (χ3v) is 2.26. The number of hydrogen-bond donors (Lipinski definition) is 2. The number of morpholine rings is 1. The lowest BCUT2D eigenvalue weighted by molar-refractivity contribution is -0.140. The number of amides is 1. The zero-order valence-electron chi connectivity index (χ0n) is 8.61. The first kappa shape index (κ1) is 12.0. The van der Waals surface area contributed by atoms with Crippen LogP contribution in [0.5, 0.6) is 0 Å². The van der Waals surface area contributed by atoms with Crippen LogP contribution in [-0.4, -0.2) is 61.4 Å². The highest BCUT2D eigenvalue weighted by molar-refractivity contribution is 5.78. The van der Waals surface area contributed by atoms with Crippen LogP contribution in [-0.2, 0) is 9.53 Å². The molecule has 1 atom stereocenters. The quantitative estimate of drug-likeness (QED) is 0.436. The molecule has 84 valence electrons. The van der Waals surface area contributed by atoms with Crippen molar-refractivity contribution in [1.82, 2.24) is 10.2 Å². The summed E-state index contributed by atoms with van der Waals surface area (Å²) in [6, 6.07) is -0.223. The van der Waals surface area contributed by atoms with E-state index in [1.807, 2.05) is 0 Å². The van der Waals surface area contributed by atoms with Gasteiger partial charge in [-0.15, -0.1) is 6.42 Å². The predicted molar refractivity (Wildman–Crippen MR) is 55.1 cm³/mol. The highest BCUT2D eigenvalue weighted by atomic mass is 16.5. The van der Waals surface area contributed by atoms with Gasteiger partial charge in [0.25, 0.3) is 0 Å². The molecule has 1 heterocycles. The Labute approximate surface area is 89.4 Å². The number of hydrogen-bond acceptors (Lipinski definition) is 4. The fraction of sp³-hybridized carbons (Fsp3) is 0.700. The largest absolute Gasteiger partial charge is 0.394 e. The van der Waals surface area contributed by atoms with E-state index in [0.717, 1.165) is 0 Å². The SMILES string of the molecule is C#CCNCC(=O)N1CCOCC1CO. The van der Waals surface area contributed by atoms with E-state index in [0.29, 0.717) is 26.3 Å². The topological polar surface area (TPSA) is 61.8 Å². The zero-order valence-corrected chi connectivity index (χ0v) is 8.61. The highest BCUT2D eigenvalue weighted by Gasteiger charge is 2.25. The van der Waals surface area contributed by atoms with E-state index in [4.69, 9.17) is 16.3 Å². The summed E-state index contributed by atoms with van der Waals surface area (Å²) >= 11 is 0. The molecular weight excluding hydrogens is 196 g/mol. The summed E-state index contributed by atoms with van der Waals surface area (Å²) in [5, 5.41) is 11.9. The van der Waals surface area contributed by atoms with Crippen molar-refractivity contribution in [2.24, 2.45) is 0 Å². The second-order valence-corrected chi connectivity index (χ2v) is 3.31. The molecule has 1 fully saturated rings. The normalized spacial score (nSPS) is 21.1. The van der Waals surface area contributed by atoms with E-state index in [9.17, 15) is 4.79 Å². The Kier molecular flexibility index (Phi) is 5.12. The molecule has 2 N–H and O–H groups in total. The van der Waals surface area contributed by atoms with Crippen LogP contribution >= 0.6 is 0 Å². The van der Waals surface area contributed by atoms with Crippen molar-refractivity contribution < 1.29 is 14.6 Å². The van der Waals surface area contributed by atoms with E-state index >= 15 is 0 Å². The van der Waals surface area contributed by atoms with Crippen LogP contribution in [0.15, 0.2) is 0 Å². The minimum Gasteiger partial charge on any atom is -0.394 e. The fourth-order valence-corrected chi connectivity index (χ4v) is 1.48. The van der Waals surface area contributed by atoms with Crippen LogP contribution in [0.1, 0.15) is 0 Å². The maximum atomic E-state index is 11.7. The first-order chi connectivity index (χ1) is 7.29. The van der Waals surface area contributed by atoms with Gasteiger partial charge in [0.1, 0.15) is 0 Å². The third kappa shape index (κ3) is 3.51.